The third-order valence-electron chi connectivity index (χ3n) is 3.36. The van der Waals surface area contributed by atoms with Crippen LogP contribution in [0, 0.1) is 6.92 Å². The van der Waals surface area contributed by atoms with Crippen LogP contribution >= 0.6 is 0 Å². The van der Waals surface area contributed by atoms with Crippen molar-refractivity contribution in [2.24, 2.45) is 0 Å². The number of hydrogen-bond acceptors (Lipinski definition) is 5. The van der Waals surface area contributed by atoms with Crippen molar-refractivity contribution in [3.63, 3.8) is 0 Å². The maximum Gasteiger partial charge on any atom is 0.294 e. The van der Waals surface area contributed by atoms with Crippen LogP contribution in [0.15, 0.2) is 47.4 Å². The van der Waals surface area contributed by atoms with Crippen molar-refractivity contribution in [3.8, 4) is 11.5 Å². The molecule has 0 atom stereocenters. The van der Waals surface area contributed by atoms with Crippen molar-refractivity contribution >= 4 is 15.9 Å². The summed E-state index contributed by atoms with van der Waals surface area (Å²) in [5.41, 5.74) is -0.458. The standard InChI is InChI=1S/C17H18O6S/c1-11-4-9-14(24(20,21)22)10-15(11)23-13-7-5-12(6-8-13)16(18)17(2,3)19/h4-10,19H,1-3H3,(H,20,21,22). The Morgan fingerprint density at radius 1 is 1.08 bits per heavy atom. The molecule has 0 saturated heterocycles. The number of ether oxygens (including phenoxy) is 1. The molecule has 0 radical (unpaired) electrons. The summed E-state index contributed by atoms with van der Waals surface area (Å²) in [6.45, 7) is 4.54. The first-order valence-electron chi connectivity index (χ1n) is 7.12. The Bertz CT molecular complexity index is 861. The zero-order valence-corrected chi connectivity index (χ0v) is 14.3. The lowest BCUT2D eigenvalue weighted by Gasteiger charge is -2.16. The smallest absolute Gasteiger partial charge is 0.294 e. The minimum absolute atomic E-state index is 0.267. The van der Waals surface area contributed by atoms with Crippen LogP contribution in [0.5, 0.6) is 11.5 Å². The van der Waals surface area contributed by atoms with Crippen molar-refractivity contribution in [1.82, 2.24) is 0 Å². The molecule has 2 N–H and O–H groups in total. The Morgan fingerprint density at radius 3 is 2.17 bits per heavy atom. The zero-order chi connectivity index (χ0) is 18.1. The van der Waals surface area contributed by atoms with Gasteiger partial charge in [-0.2, -0.15) is 8.42 Å². The minimum atomic E-state index is -4.32. The summed E-state index contributed by atoms with van der Waals surface area (Å²) in [6.07, 6.45) is 0. The van der Waals surface area contributed by atoms with Gasteiger partial charge in [0.25, 0.3) is 10.1 Å². The zero-order valence-electron chi connectivity index (χ0n) is 13.5. The predicted molar refractivity (Wildman–Crippen MR) is 88.1 cm³/mol. The van der Waals surface area contributed by atoms with Crippen LogP contribution in [0.4, 0.5) is 0 Å². The lowest BCUT2D eigenvalue weighted by Crippen LogP contribution is -2.30. The van der Waals surface area contributed by atoms with E-state index in [1.165, 1.54) is 44.2 Å². The quantitative estimate of drug-likeness (QED) is 0.635. The average molecular weight is 350 g/mol. The molecule has 24 heavy (non-hydrogen) atoms. The third-order valence-corrected chi connectivity index (χ3v) is 4.21. The summed E-state index contributed by atoms with van der Waals surface area (Å²) < 4.78 is 37.1. The van der Waals surface area contributed by atoms with E-state index < -0.39 is 21.5 Å². The summed E-state index contributed by atoms with van der Waals surface area (Å²) >= 11 is 0. The summed E-state index contributed by atoms with van der Waals surface area (Å²) in [4.78, 5) is 11.7. The van der Waals surface area contributed by atoms with E-state index >= 15 is 0 Å². The van der Waals surface area contributed by atoms with Crippen molar-refractivity contribution in [1.29, 1.82) is 0 Å². The number of Topliss-reactive ketones (excluding diaryl/α,β-unsaturated/α-hetero) is 1. The molecule has 0 aliphatic heterocycles. The molecule has 0 aromatic heterocycles. The summed E-state index contributed by atoms with van der Waals surface area (Å²) in [5, 5.41) is 9.73. The molecule has 0 heterocycles. The highest BCUT2D eigenvalue weighted by atomic mass is 32.2. The Hall–Kier alpha value is -2.22. The molecule has 0 unspecified atom stereocenters. The van der Waals surface area contributed by atoms with Crippen molar-refractivity contribution in [3.05, 3.63) is 53.6 Å². The Labute approximate surface area is 140 Å². The van der Waals surface area contributed by atoms with Gasteiger partial charge in [0.2, 0.25) is 0 Å². The Morgan fingerprint density at radius 2 is 1.67 bits per heavy atom. The number of aryl methyl sites for hydroxylation is 1. The summed E-state index contributed by atoms with van der Waals surface area (Å²) in [6, 6.07) is 10.1. The van der Waals surface area contributed by atoms with Crippen molar-refractivity contribution in [2.75, 3.05) is 0 Å². The van der Waals surface area contributed by atoms with E-state index in [0.29, 0.717) is 16.9 Å². The van der Waals surface area contributed by atoms with Crippen LogP contribution < -0.4 is 4.74 Å². The number of carbonyl (C=O) groups excluding carboxylic acids is 1. The van der Waals surface area contributed by atoms with E-state index in [2.05, 4.69) is 0 Å². The van der Waals surface area contributed by atoms with E-state index in [0.717, 1.165) is 0 Å². The van der Waals surface area contributed by atoms with Crippen molar-refractivity contribution < 1.29 is 27.6 Å². The molecule has 0 amide bonds. The number of hydrogen-bond donors (Lipinski definition) is 2. The lowest BCUT2D eigenvalue weighted by molar-refractivity contribution is 0.0488. The maximum atomic E-state index is 12.0. The van der Waals surface area contributed by atoms with Gasteiger partial charge in [-0.05, 0) is 56.7 Å². The molecule has 0 fully saturated rings. The number of rotatable bonds is 5. The number of benzene rings is 2. The molecule has 6 nitrogen and oxygen atoms in total. The van der Waals surface area contributed by atoms with Crippen LogP contribution in [0.2, 0.25) is 0 Å². The van der Waals surface area contributed by atoms with E-state index in [-0.39, 0.29) is 10.6 Å². The van der Waals surface area contributed by atoms with Gasteiger partial charge in [0.1, 0.15) is 17.1 Å². The molecule has 0 aliphatic rings. The highest BCUT2D eigenvalue weighted by molar-refractivity contribution is 7.85. The topological polar surface area (TPSA) is 101 Å². The number of carbonyl (C=O) groups is 1. The van der Waals surface area contributed by atoms with Gasteiger partial charge >= 0.3 is 0 Å². The van der Waals surface area contributed by atoms with Gasteiger partial charge in [0, 0.05) is 11.6 Å². The van der Waals surface area contributed by atoms with Crippen LogP contribution in [0.25, 0.3) is 0 Å². The van der Waals surface area contributed by atoms with Gasteiger partial charge in [-0.1, -0.05) is 6.07 Å². The van der Waals surface area contributed by atoms with Gasteiger partial charge in [0.15, 0.2) is 5.78 Å². The first kappa shape index (κ1) is 18.1. The molecular formula is C17H18O6S. The van der Waals surface area contributed by atoms with Gasteiger partial charge < -0.3 is 9.84 Å². The van der Waals surface area contributed by atoms with Gasteiger partial charge in [-0.25, -0.2) is 0 Å². The second-order valence-corrected chi connectivity index (χ2v) is 7.34. The van der Waals surface area contributed by atoms with Crippen LogP contribution in [-0.4, -0.2) is 29.5 Å². The number of ketones is 1. The van der Waals surface area contributed by atoms with E-state index in [1.54, 1.807) is 19.1 Å². The van der Waals surface area contributed by atoms with Gasteiger partial charge in [-0.3, -0.25) is 9.35 Å². The second kappa shape index (κ2) is 6.35. The fraction of sp³-hybridized carbons (Fsp3) is 0.235. The molecule has 0 bridgehead atoms. The summed E-state index contributed by atoms with van der Waals surface area (Å²) in [5.74, 6) is 0.239. The Kier molecular flexibility index (Phi) is 4.80. The highest BCUT2D eigenvalue weighted by Crippen LogP contribution is 2.28. The molecule has 2 aromatic carbocycles. The molecule has 2 rings (SSSR count). The Balaban J connectivity index is 2.28. The first-order chi connectivity index (χ1) is 11.0. The van der Waals surface area contributed by atoms with E-state index in [1.807, 2.05) is 0 Å². The molecule has 2 aromatic rings. The van der Waals surface area contributed by atoms with Crippen molar-refractivity contribution in [2.45, 2.75) is 31.3 Å². The van der Waals surface area contributed by atoms with Gasteiger partial charge in [-0.15, -0.1) is 0 Å². The SMILES string of the molecule is Cc1ccc(S(=O)(=O)O)cc1Oc1ccc(C(=O)C(C)(C)O)cc1. The molecule has 0 spiro atoms. The van der Waals surface area contributed by atoms with E-state index in [9.17, 15) is 18.3 Å². The van der Waals surface area contributed by atoms with Crippen LogP contribution in [-0.2, 0) is 10.1 Å². The molecule has 0 saturated carbocycles. The monoisotopic (exact) mass is 350 g/mol. The highest BCUT2D eigenvalue weighted by Gasteiger charge is 2.25. The average Bonchev–Trinajstić information content (AvgIpc) is 2.47. The minimum Gasteiger partial charge on any atom is -0.457 e. The number of aliphatic hydroxyl groups is 1. The van der Waals surface area contributed by atoms with Gasteiger partial charge in [0.05, 0.1) is 4.90 Å². The third kappa shape index (κ3) is 4.19. The fourth-order valence-electron chi connectivity index (χ4n) is 2.01. The maximum absolute atomic E-state index is 12.0. The molecule has 128 valence electrons. The summed E-state index contributed by atoms with van der Waals surface area (Å²) in [7, 11) is -4.32. The normalized spacial score (nSPS) is 12.0. The second-order valence-electron chi connectivity index (χ2n) is 5.92. The molecule has 7 heteroatoms. The largest absolute Gasteiger partial charge is 0.457 e. The molecule has 0 aliphatic carbocycles. The van der Waals surface area contributed by atoms with Crippen LogP contribution in [0.1, 0.15) is 29.8 Å². The lowest BCUT2D eigenvalue weighted by atomic mass is 9.97. The molecular weight excluding hydrogens is 332 g/mol. The first-order valence-corrected chi connectivity index (χ1v) is 8.56. The fourth-order valence-corrected chi connectivity index (χ4v) is 2.50. The van der Waals surface area contributed by atoms with E-state index in [4.69, 9.17) is 9.29 Å². The van der Waals surface area contributed by atoms with Crippen LogP contribution in [0.3, 0.4) is 0 Å². The predicted octanol–water partition coefficient (Wildman–Crippen LogP) is 2.99.